The van der Waals surface area contributed by atoms with Gasteiger partial charge in [-0.05, 0) is 25.1 Å². The van der Waals surface area contributed by atoms with E-state index < -0.39 is 32.3 Å². The molecule has 1 heterocycles. The predicted octanol–water partition coefficient (Wildman–Crippen LogP) is 1.16. The summed E-state index contributed by atoms with van der Waals surface area (Å²) < 4.78 is 40.3. The van der Waals surface area contributed by atoms with Gasteiger partial charge in [-0.15, -0.1) is 0 Å². The molecule has 0 radical (unpaired) electrons. The van der Waals surface area contributed by atoms with Crippen LogP contribution in [-0.4, -0.2) is 50.0 Å². The molecule has 0 bridgehead atoms. The van der Waals surface area contributed by atoms with E-state index in [1.54, 1.807) is 0 Å². The predicted molar refractivity (Wildman–Crippen MR) is 74.6 cm³/mol. The molecule has 0 atom stereocenters. The van der Waals surface area contributed by atoms with Crippen molar-refractivity contribution in [3.05, 3.63) is 28.5 Å². The van der Waals surface area contributed by atoms with Crippen LogP contribution in [0.3, 0.4) is 0 Å². The summed E-state index contributed by atoms with van der Waals surface area (Å²) in [6, 6.07) is 1.83. The number of hydrogen-bond acceptors (Lipinski definition) is 4. The Labute approximate surface area is 126 Å². The van der Waals surface area contributed by atoms with Crippen molar-refractivity contribution in [1.82, 2.24) is 9.62 Å². The lowest BCUT2D eigenvalue weighted by molar-refractivity contribution is 0.0691. The highest BCUT2D eigenvalue weighted by Gasteiger charge is 2.30. The van der Waals surface area contributed by atoms with Gasteiger partial charge in [-0.2, -0.15) is 4.31 Å². The quantitative estimate of drug-likeness (QED) is 0.865. The molecule has 0 spiro atoms. The number of sulfonamides is 1. The van der Waals surface area contributed by atoms with Crippen molar-refractivity contribution >= 4 is 27.6 Å². The highest BCUT2D eigenvalue weighted by atomic mass is 35.5. The smallest absolute Gasteiger partial charge is 0.338 e. The van der Waals surface area contributed by atoms with Crippen molar-refractivity contribution < 1.29 is 22.7 Å². The highest BCUT2D eigenvalue weighted by molar-refractivity contribution is 7.89. The molecule has 2 rings (SSSR count). The molecular formula is C12H14ClFN2O4S. The lowest BCUT2D eigenvalue weighted by Crippen LogP contribution is -2.35. The van der Waals surface area contributed by atoms with E-state index >= 15 is 0 Å². The Morgan fingerprint density at radius 2 is 2.05 bits per heavy atom. The van der Waals surface area contributed by atoms with Crippen molar-refractivity contribution in [2.75, 3.05) is 26.2 Å². The molecule has 116 valence electrons. The first-order chi connectivity index (χ1) is 9.84. The van der Waals surface area contributed by atoms with Gasteiger partial charge in [0.2, 0.25) is 10.0 Å². The van der Waals surface area contributed by atoms with Gasteiger partial charge in [0.05, 0.1) is 5.56 Å². The minimum absolute atomic E-state index is 0.139. The summed E-state index contributed by atoms with van der Waals surface area (Å²) >= 11 is 5.72. The Hall–Kier alpha value is -1.22. The van der Waals surface area contributed by atoms with Gasteiger partial charge in [0.1, 0.15) is 4.90 Å². The van der Waals surface area contributed by atoms with Crippen LogP contribution in [0.25, 0.3) is 0 Å². The number of halogens is 2. The van der Waals surface area contributed by atoms with Crippen molar-refractivity contribution in [3.63, 3.8) is 0 Å². The molecule has 9 heteroatoms. The Morgan fingerprint density at radius 3 is 2.71 bits per heavy atom. The Balaban J connectivity index is 2.51. The van der Waals surface area contributed by atoms with Crippen LogP contribution in [0, 0.1) is 5.82 Å². The van der Waals surface area contributed by atoms with Crippen LogP contribution in [0.15, 0.2) is 17.0 Å². The van der Waals surface area contributed by atoms with Gasteiger partial charge in [-0.1, -0.05) is 11.6 Å². The van der Waals surface area contributed by atoms with E-state index in [1.165, 1.54) is 0 Å². The van der Waals surface area contributed by atoms with Crippen LogP contribution < -0.4 is 5.32 Å². The summed E-state index contributed by atoms with van der Waals surface area (Å²) in [7, 11) is -4.12. The second-order valence-electron chi connectivity index (χ2n) is 4.58. The van der Waals surface area contributed by atoms with E-state index in [0.717, 1.165) is 16.4 Å². The number of hydrogen-bond donors (Lipinski definition) is 2. The van der Waals surface area contributed by atoms with Gasteiger partial charge in [0.15, 0.2) is 5.82 Å². The zero-order chi connectivity index (χ0) is 15.6. The number of carboxylic acid groups (broad SMARTS) is 1. The summed E-state index contributed by atoms with van der Waals surface area (Å²) in [5, 5.41) is 11.8. The standard InChI is InChI=1S/C12H14ClFN2O4S/c13-8-6-9(12(17)18)11(14)10(7-8)21(19,20)16-4-1-2-15-3-5-16/h6-7,15H,1-5H2,(H,17,18). The Kier molecular flexibility index (Phi) is 4.82. The van der Waals surface area contributed by atoms with Crippen molar-refractivity contribution in [2.45, 2.75) is 11.3 Å². The number of aromatic carboxylic acids is 1. The second-order valence-corrected chi connectivity index (χ2v) is 6.92. The molecule has 0 aromatic heterocycles. The number of benzene rings is 1. The lowest BCUT2D eigenvalue weighted by atomic mass is 10.2. The van der Waals surface area contributed by atoms with Gasteiger partial charge in [-0.3, -0.25) is 0 Å². The maximum absolute atomic E-state index is 14.2. The maximum atomic E-state index is 14.2. The van der Waals surface area contributed by atoms with Gasteiger partial charge >= 0.3 is 5.97 Å². The molecule has 1 aliphatic rings. The summed E-state index contributed by atoms with van der Waals surface area (Å²) in [4.78, 5) is 10.3. The largest absolute Gasteiger partial charge is 0.478 e. The van der Waals surface area contributed by atoms with Crippen LogP contribution in [0.5, 0.6) is 0 Å². The van der Waals surface area contributed by atoms with Crippen molar-refractivity contribution in [1.29, 1.82) is 0 Å². The molecule has 0 unspecified atom stereocenters. The normalized spacial score (nSPS) is 17.4. The monoisotopic (exact) mass is 336 g/mol. The molecule has 2 N–H and O–H groups in total. The second kappa shape index (κ2) is 6.27. The van der Waals surface area contributed by atoms with Crippen LogP contribution >= 0.6 is 11.6 Å². The topological polar surface area (TPSA) is 86.7 Å². The van der Waals surface area contributed by atoms with Gasteiger partial charge in [-0.25, -0.2) is 17.6 Å². The van der Waals surface area contributed by atoms with Gasteiger partial charge < -0.3 is 10.4 Å². The van der Waals surface area contributed by atoms with E-state index in [1.807, 2.05) is 0 Å². The molecule has 0 aliphatic carbocycles. The molecule has 0 amide bonds. The first kappa shape index (κ1) is 16.2. The minimum Gasteiger partial charge on any atom is -0.478 e. The van der Waals surface area contributed by atoms with Crippen LogP contribution in [0.2, 0.25) is 5.02 Å². The zero-order valence-electron chi connectivity index (χ0n) is 11.0. The SMILES string of the molecule is O=C(O)c1cc(Cl)cc(S(=O)(=O)N2CCCNCC2)c1F. The number of nitrogens with one attached hydrogen (secondary N) is 1. The van der Waals surface area contributed by atoms with Crippen LogP contribution in [0.4, 0.5) is 4.39 Å². The number of carboxylic acids is 1. The summed E-state index contributed by atoms with van der Waals surface area (Å²) in [6.07, 6.45) is 0.590. The number of nitrogens with zero attached hydrogens (tertiary/aromatic N) is 1. The number of rotatable bonds is 3. The summed E-state index contributed by atoms with van der Waals surface area (Å²) in [6.45, 7) is 1.55. The fourth-order valence-electron chi connectivity index (χ4n) is 2.11. The summed E-state index contributed by atoms with van der Waals surface area (Å²) in [5.74, 6) is -2.85. The first-order valence-electron chi connectivity index (χ1n) is 6.27. The van der Waals surface area contributed by atoms with E-state index in [4.69, 9.17) is 16.7 Å². The third-order valence-electron chi connectivity index (χ3n) is 3.15. The fraction of sp³-hybridized carbons (Fsp3) is 0.417. The highest BCUT2D eigenvalue weighted by Crippen LogP contribution is 2.26. The molecule has 1 saturated heterocycles. The molecule has 1 aromatic rings. The summed E-state index contributed by atoms with van der Waals surface area (Å²) in [5.41, 5.74) is -0.756. The van der Waals surface area contributed by atoms with Crippen LogP contribution in [0.1, 0.15) is 16.8 Å². The third-order valence-corrected chi connectivity index (χ3v) is 5.27. The zero-order valence-corrected chi connectivity index (χ0v) is 12.5. The molecule has 1 fully saturated rings. The fourth-order valence-corrected chi connectivity index (χ4v) is 3.98. The Bertz CT molecular complexity index is 657. The minimum atomic E-state index is -4.12. The van der Waals surface area contributed by atoms with E-state index in [2.05, 4.69) is 5.32 Å². The average Bonchev–Trinajstić information content (AvgIpc) is 2.70. The van der Waals surface area contributed by atoms with E-state index in [9.17, 15) is 17.6 Å². The van der Waals surface area contributed by atoms with Crippen LogP contribution in [-0.2, 0) is 10.0 Å². The Morgan fingerprint density at radius 1 is 1.33 bits per heavy atom. The molecule has 21 heavy (non-hydrogen) atoms. The molecule has 1 aliphatic heterocycles. The molecule has 1 aromatic carbocycles. The third kappa shape index (κ3) is 3.34. The number of carbonyl (C=O) groups is 1. The molecule has 6 nitrogen and oxygen atoms in total. The maximum Gasteiger partial charge on any atom is 0.338 e. The van der Waals surface area contributed by atoms with Gasteiger partial charge in [0.25, 0.3) is 0 Å². The molecule has 0 saturated carbocycles. The first-order valence-corrected chi connectivity index (χ1v) is 8.09. The average molecular weight is 337 g/mol. The van der Waals surface area contributed by atoms with E-state index in [0.29, 0.717) is 19.5 Å². The van der Waals surface area contributed by atoms with Crippen molar-refractivity contribution in [2.24, 2.45) is 0 Å². The van der Waals surface area contributed by atoms with Gasteiger partial charge in [0, 0.05) is 24.7 Å². The lowest BCUT2D eigenvalue weighted by Gasteiger charge is -2.20. The van der Waals surface area contributed by atoms with E-state index in [-0.39, 0.29) is 18.1 Å². The molecular weight excluding hydrogens is 323 g/mol. The van der Waals surface area contributed by atoms with Crippen molar-refractivity contribution in [3.8, 4) is 0 Å².